The maximum atomic E-state index is 14.8. The van der Waals surface area contributed by atoms with E-state index in [4.69, 9.17) is 21.1 Å². The second kappa shape index (κ2) is 10.6. The molecule has 1 unspecified atom stereocenters. The number of carbonyl (C=O) groups is 2. The Labute approximate surface area is 202 Å². The Morgan fingerprint density at radius 3 is 2.40 bits per heavy atom. The van der Waals surface area contributed by atoms with Gasteiger partial charge < -0.3 is 14.8 Å². The lowest BCUT2D eigenvalue weighted by Crippen LogP contribution is -2.32. The fourth-order valence-electron chi connectivity index (χ4n) is 2.77. The van der Waals surface area contributed by atoms with Crippen LogP contribution in [-0.2, 0) is 0 Å². The fraction of sp³-hybridized carbons (Fsp3) is 0.174. The second-order valence-electron chi connectivity index (χ2n) is 7.21. The van der Waals surface area contributed by atoms with Gasteiger partial charge in [-0.25, -0.2) is 14.2 Å². The van der Waals surface area contributed by atoms with Crippen LogP contribution in [0.4, 0.5) is 33.7 Å². The number of amides is 2. The van der Waals surface area contributed by atoms with Crippen LogP contribution in [0, 0.1) is 12.7 Å². The number of ether oxygens (including phenoxy) is 2. The number of hydrogen-bond donors (Lipinski definition) is 2. The number of para-hydroxylation sites is 1. The van der Waals surface area contributed by atoms with E-state index < -0.39 is 47.1 Å². The number of aromatic nitrogens is 1. The molecule has 3 aromatic rings. The highest BCUT2D eigenvalue weighted by atomic mass is 35.5. The summed E-state index contributed by atoms with van der Waals surface area (Å²) in [6, 6.07) is 10.7. The molecule has 1 aromatic heterocycles. The third-order valence-electron chi connectivity index (χ3n) is 4.62. The standard InChI is InChI=1S/C23H18ClF4N3O4/c1-12-8-9-29-20(24)19(12)31-21(32)15-10-16(25)17(11-18(15)34-13(2)23(26,27)28)30-22(33)35-14-6-4-3-5-7-14/h3-11,13H,1-2H3,(H,30,33)(H,31,32). The SMILES string of the molecule is Cc1ccnc(Cl)c1NC(=O)c1cc(F)c(NC(=O)Oc2ccccc2)cc1OC(C)C(F)(F)F. The van der Waals surface area contributed by atoms with E-state index in [1.807, 2.05) is 0 Å². The number of halogens is 5. The largest absolute Gasteiger partial charge is 0.480 e. The molecular formula is C23H18ClF4N3O4. The van der Waals surface area contributed by atoms with Gasteiger partial charge in [0.15, 0.2) is 11.3 Å². The Morgan fingerprint density at radius 1 is 1.09 bits per heavy atom. The van der Waals surface area contributed by atoms with Crippen molar-refractivity contribution in [1.82, 2.24) is 4.98 Å². The lowest BCUT2D eigenvalue weighted by molar-refractivity contribution is -0.189. The number of anilines is 2. The Bertz CT molecular complexity index is 1220. The number of nitrogens with zero attached hydrogens (tertiary/aromatic N) is 1. The number of alkyl halides is 3. The molecule has 0 saturated carbocycles. The lowest BCUT2D eigenvalue weighted by atomic mass is 10.1. The van der Waals surface area contributed by atoms with Crippen molar-refractivity contribution < 1.29 is 36.6 Å². The highest BCUT2D eigenvalue weighted by molar-refractivity contribution is 6.33. The van der Waals surface area contributed by atoms with E-state index in [0.29, 0.717) is 18.6 Å². The summed E-state index contributed by atoms with van der Waals surface area (Å²) in [7, 11) is 0. The molecule has 7 nitrogen and oxygen atoms in total. The minimum absolute atomic E-state index is 0.0769. The fourth-order valence-corrected chi connectivity index (χ4v) is 3.02. The van der Waals surface area contributed by atoms with Gasteiger partial charge in [0, 0.05) is 12.3 Å². The van der Waals surface area contributed by atoms with Crippen LogP contribution >= 0.6 is 11.6 Å². The molecule has 0 fully saturated rings. The van der Waals surface area contributed by atoms with Gasteiger partial charge in [0.05, 0.1) is 16.9 Å². The van der Waals surface area contributed by atoms with Gasteiger partial charge in [-0.3, -0.25) is 10.1 Å². The summed E-state index contributed by atoms with van der Waals surface area (Å²) in [5.41, 5.74) is -0.544. The summed E-state index contributed by atoms with van der Waals surface area (Å²) in [5.74, 6) is -2.63. The number of pyridine rings is 1. The zero-order valence-corrected chi connectivity index (χ0v) is 19.0. The van der Waals surface area contributed by atoms with Gasteiger partial charge in [0.2, 0.25) is 0 Å². The van der Waals surface area contributed by atoms with Crippen LogP contribution in [0.2, 0.25) is 5.15 Å². The van der Waals surface area contributed by atoms with Crippen LogP contribution in [0.5, 0.6) is 11.5 Å². The maximum Gasteiger partial charge on any atom is 0.425 e. The molecule has 35 heavy (non-hydrogen) atoms. The highest BCUT2D eigenvalue weighted by Gasteiger charge is 2.39. The number of aryl methyl sites for hydroxylation is 1. The van der Waals surface area contributed by atoms with E-state index in [-0.39, 0.29) is 16.6 Å². The Kier molecular flexibility index (Phi) is 7.80. The Hall–Kier alpha value is -3.86. The molecule has 0 aliphatic heterocycles. The van der Waals surface area contributed by atoms with Crippen LogP contribution in [0.3, 0.4) is 0 Å². The maximum absolute atomic E-state index is 14.8. The lowest BCUT2D eigenvalue weighted by Gasteiger charge is -2.21. The first kappa shape index (κ1) is 25.8. The third-order valence-corrected chi connectivity index (χ3v) is 4.91. The van der Waals surface area contributed by atoms with Crippen molar-refractivity contribution in [3.8, 4) is 11.5 Å². The van der Waals surface area contributed by atoms with Crippen molar-refractivity contribution in [2.75, 3.05) is 10.6 Å². The predicted molar refractivity (Wildman–Crippen MR) is 121 cm³/mol. The summed E-state index contributed by atoms with van der Waals surface area (Å²) in [4.78, 5) is 28.8. The minimum atomic E-state index is -4.79. The van der Waals surface area contributed by atoms with Crippen molar-refractivity contribution in [1.29, 1.82) is 0 Å². The first-order valence-corrected chi connectivity index (χ1v) is 10.4. The average molecular weight is 512 g/mol. The monoisotopic (exact) mass is 511 g/mol. The van der Waals surface area contributed by atoms with Crippen LogP contribution in [0.25, 0.3) is 0 Å². The summed E-state index contributed by atoms with van der Waals surface area (Å²) in [6.45, 7) is 2.32. The molecule has 2 aromatic carbocycles. The molecule has 1 heterocycles. The van der Waals surface area contributed by atoms with Gasteiger partial charge in [0.1, 0.15) is 17.3 Å². The molecule has 0 radical (unpaired) electrons. The van der Waals surface area contributed by atoms with Crippen molar-refractivity contribution >= 4 is 35.0 Å². The summed E-state index contributed by atoms with van der Waals surface area (Å²) < 4.78 is 64.1. The van der Waals surface area contributed by atoms with Crippen LogP contribution < -0.4 is 20.1 Å². The van der Waals surface area contributed by atoms with E-state index >= 15 is 0 Å². The number of rotatable bonds is 6. The van der Waals surface area contributed by atoms with Gasteiger partial charge in [-0.05, 0) is 43.7 Å². The Balaban J connectivity index is 1.94. The molecule has 0 bridgehead atoms. The first-order chi connectivity index (χ1) is 16.5. The van der Waals surface area contributed by atoms with Gasteiger partial charge in [-0.1, -0.05) is 29.8 Å². The van der Waals surface area contributed by atoms with Crippen molar-refractivity contribution in [2.45, 2.75) is 26.1 Å². The van der Waals surface area contributed by atoms with E-state index in [0.717, 1.165) is 6.07 Å². The molecule has 2 amide bonds. The van der Waals surface area contributed by atoms with Crippen molar-refractivity contribution in [3.63, 3.8) is 0 Å². The predicted octanol–water partition coefficient (Wildman–Crippen LogP) is 6.38. The third kappa shape index (κ3) is 6.60. The minimum Gasteiger partial charge on any atom is -0.480 e. The molecule has 0 aliphatic rings. The quantitative estimate of drug-likeness (QED) is 0.296. The van der Waals surface area contributed by atoms with E-state index in [2.05, 4.69) is 15.6 Å². The Morgan fingerprint density at radius 2 is 1.77 bits per heavy atom. The number of hydrogen-bond acceptors (Lipinski definition) is 5. The molecule has 0 saturated heterocycles. The molecule has 1 atom stereocenters. The second-order valence-corrected chi connectivity index (χ2v) is 7.56. The van der Waals surface area contributed by atoms with E-state index in [1.165, 1.54) is 24.4 Å². The van der Waals surface area contributed by atoms with Gasteiger partial charge in [-0.15, -0.1) is 0 Å². The van der Waals surface area contributed by atoms with Crippen LogP contribution in [0.1, 0.15) is 22.8 Å². The van der Waals surface area contributed by atoms with E-state index in [9.17, 15) is 27.2 Å². The molecule has 12 heteroatoms. The number of benzene rings is 2. The number of nitrogens with one attached hydrogen (secondary N) is 2. The highest BCUT2D eigenvalue weighted by Crippen LogP contribution is 2.33. The average Bonchev–Trinajstić information content (AvgIpc) is 2.78. The summed E-state index contributed by atoms with van der Waals surface area (Å²) in [6.07, 6.45) is -6.86. The number of carbonyl (C=O) groups excluding carboxylic acids is 2. The zero-order chi connectivity index (χ0) is 25.8. The molecule has 2 N–H and O–H groups in total. The summed E-state index contributed by atoms with van der Waals surface area (Å²) >= 11 is 5.98. The zero-order valence-electron chi connectivity index (χ0n) is 18.2. The summed E-state index contributed by atoms with van der Waals surface area (Å²) in [5, 5.41) is 4.40. The van der Waals surface area contributed by atoms with E-state index in [1.54, 1.807) is 25.1 Å². The van der Waals surface area contributed by atoms with Crippen molar-refractivity contribution in [3.05, 3.63) is 76.8 Å². The van der Waals surface area contributed by atoms with Gasteiger partial charge in [0.25, 0.3) is 5.91 Å². The molecule has 0 aliphatic carbocycles. The molecule has 0 spiro atoms. The van der Waals surface area contributed by atoms with Gasteiger partial charge in [-0.2, -0.15) is 13.2 Å². The molecule has 3 rings (SSSR count). The van der Waals surface area contributed by atoms with Crippen LogP contribution in [0.15, 0.2) is 54.7 Å². The topological polar surface area (TPSA) is 89.6 Å². The smallest absolute Gasteiger partial charge is 0.425 e. The van der Waals surface area contributed by atoms with Crippen LogP contribution in [-0.4, -0.2) is 29.3 Å². The first-order valence-electron chi connectivity index (χ1n) is 9.99. The van der Waals surface area contributed by atoms with Gasteiger partial charge >= 0.3 is 12.3 Å². The molecule has 184 valence electrons. The molecular weight excluding hydrogens is 494 g/mol. The normalized spacial score (nSPS) is 12.0. The van der Waals surface area contributed by atoms with Crippen molar-refractivity contribution in [2.24, 2.45) is 0 Å².